The van der Waals surface area contributed by atoms with Gasteiger partial charge in [-0.2, -0.15) is 0 Å². The van der Waals surface area contributed by atoms with Gasteiger partial charge in [0.25, 0.3) is 0 Å². The average Bonchev–Trinajstić information content (AvgIpc) is 3.40. The Morgan fingerprint density at radius 3 is 1.57 bits per heavy atom. The number of ether oxygens (including phenoxy) is 1. The molecule has 0 aliphatic rings. The third-order valence-corrected chi connectivity index (χ3v) is 6.22. The van der Waals surface area contributed by atoms with E-state index in [2.05, 4.69) is 77.4 Å². The number of hydrogen-bond donors (Lipinski definition) is 0. The first-order valence-electron chi connectivity index (χ1n) is 11.6. The zero-order valence-electron chi connectivity index (χ0n) is 19.5. The summed E-state index contributed by atoms with van der Waals surface area (Å²) in [5.74, 6) is -0.353. The topological polar surface area (TPSA) is 44.1 Å². The van der Waals surface area contributed by atoms with Crippen LogP contribution in [0.4, 0.5) is 0 Å². The Morgan fingerprint density at radius 1 is 0.714 bits per heavy atom. The van der Waals surface area contributed by atoms with E-state index in [1.54, 1.807) is 0 Å². The van der Waals surface area contributed by atoms with Crippen molar-refractivity contribution < 1.29 is 9.53 Å². The number of nitrogens with zero attached hydrogens (tertiary/aromatic N) is 2. The standard InChI is InChI=1S/C31H26N2O2/c1-24(34)35-30(25-14-6-2-7-15-25)29-22-33(23-32-29)31(26-16-8-3-9-17-26,27-18-10-4-11-19-27)28-20-12-5-13-21-28/h2-23,30H,1H3. The largest absolute Gasteiger partial charge is 0.451 e. The van der Waals surface area contributed by atoms with Crippen molar-refractivity contribution in [3.63, 3.8) is 0 Å². The lowest BCUT2D eigenvalue weighted by molar-refractivity contribution is -0.144. The number of carbonyl (C=O) groups is 1. The van der Waals surface area contributed by atoms with Crippen molar-refractivity contribution >= 4 is 5.97 Å². The van der Waals surface area contributed by atoms with Crippen molar-refractivity contribution in [2.75, 3.05) is 0 Å². The molecule has 4 heteroatoms. The van der Waals surface area contributed by atoms with E-state index >= 15 is 0 Å². The highest BCUT2D eigenvalue weighted by atomic mass is 16.5. The van der Waals surface area contributed by atoms with Crippen molar-refractivity contribution in [2.45, 2.75) is 18.6 Å². The lowest BCUT2D eigenvalue weighted by atomic mass is 9.77. The van der Waals surface area contributed by atoms with Crippen LogP contribution in [0.25, 0.3) is 0 Å². The number of aromatic nitrogens is 2. The Labute approximate surface area is 205 Å². The SMILES string of the molecule is CC(=O)OC(c1ccccc1)c1cn(C(c2ccccc2)(c2ccccc2)c2ccccc2)cn1. The van der Waals surface area contributed by atoms with E-state index in [1.165, 1.54) is 6.92 Å². The summed E-state index contributed by atoms with van der Waals surface area (Å²) >= 11 is 0. The van der Waals surface area contributed by atoms with E-state index in [1.807, 2.05) is 61.1 Å². The van der Waals surface area contributed by atoms with Crippen molar-refractivity contribution in [2.24, 2.45) is 0 Å². The van der Waals surface area contributed by atoms with Crippen molar-refractivity contribution in [1.82, 2.24) is 9.55 Å². The lowest BCUT2D eigenvalue weighted by Gasteiger charge is -2.37. The maximum Gasteiger partial charge on any atom is 0.303 e. The molecule has 4 nitrogen and oxygen atoms in total. The monoisotopic (exact) mass is 458 g/mol. The molecular formula is C31H26N2O2. The first-order chi connectivity index (χ1) is 17.2. The van der Waals surface area contributed by atoms with Crippen molar-refractivity contribution in [3.05, 3.63) is 162 Å². The number of benzene rings is 4. The van der Waals surface area contributed by atoms with Crippen LogP contribution in [0.2, 0.25) is 0 Å². The molecule has 0 radical (unpaired) electrons. The second-order valence-corrected chi connectivity index (χ2v) is 8.41. The van der Waals surface area contributed by atoms with Gasteiger partial charge in [0, 0.05) is 13.1 Å². The second kappa shape index (κ2) is 9.82. The van der Waals surface area contributed by atoms with Gasteiger partial charge in [0.05, 0.1) is 6.33 Å². The van der Waals surface area contributed by atoms with Gasteiger partial charge in [0.2, 0.25) is 0 Å². The molecule has 5 aromatic rings. The molecule has 1 heterocycles. The van der Waals surface area contributed by atoms with Crippen LogP contribution in [-0.4, -0.2) is 15.5 Å². The molecule has 0 bridgehead atoms. The van der Waals surface area contributed by atoms with Crippen LogP contribution in [-0.2, 0) is 15.1 Å². The smallest absolute Gasteiger partial charge is 0.303 e. The molecule has 4 aromatic carbocycles. The van der Waals surface area contributed by atoms with Gasteiger partial charge >= 0.3 is 5.97 Å². The number of carbonyl (C=O) groups excluding carboxylic acids is 1. The normalized spacial score (nSPS) is 12.1. The highest BCUT2D eigenvalue weighted by Crippen LogP contribution is 2.41. The Balaban J connectivity index is 1.76. The molecular weight excluding hydrogens is 432 g/mol. The van der Waals surface area contributed by atoms with Crippen LogP contribution in [0.3, 0.4) is 0 Å². The molecule has 172 valence electrons. The van der Waals surface area contributed by atoms with E-state index in [0.29, 0.717) is 5.69 Å². The van der Waals surface area contributed by atoms with Crippen LogP contribution < -0.4 is 0 Å². The molecule has 0 aliphatic heterocycles. The summed E-state index contributed by atoms with van der Waals surface area (Å²) in [6.45, 7) is 1.43. The fourth-order valence-corrected chi connectivity index (χ4v) is 4.74. The maximum atomic E-state index is 12.0. The Hall–Kier alpha value is -4.44. The summed E-state index contributed by atoms with van der Waals surface area (Å²) in [4.78, 5) is 16.8. The predicted molar refractivity (Wildman–Crippen MR) is 137 cm³/mol. The van der Waals surface area contributed by atoms with Gasteiger partial charge in [-0.3, -0.25) is 4.79 Å². The number of imidazole rings is 1. The van der Waals surface area contributed by atoms with Crippen LogP contribution in [0.15, 0.2) is 134 Å². The molecule has 1 aromatic heterocycles. The molecule has 5 rings (SSSR count). The minimum absolute atomic E-state index is 0.353. The van der Waals surface area contributed by atoms with Crippen LogP contribution in [0, 0.1) is 0 Å². The van der Waals surface area contributed by atoms with Gasteiger partial charge in [-0.05, 0) is 22.3 Å². The lowest BCUT2D eigenvalue weighted by Crippen LogP contribution is -2.37. The zero-order chi connectivity index (χ0) is 24.1. The third-order valence-electron chi connectivity index (χ3n) is 6.22. The van der Waals surface area contributed by atoms with Crippen LogP contribution in [0.1, 0.15) is 41.0 Å². The van der Waals surface area contributed by atoms with Gasteiger partial charge < -0.3 is 9.30 Å². The quantitative estimate of drug-likeness (QED) is 0.210. The number of rotatable bonds is 7. The van der Waals surface area contributed by atoms with E-state index in [9.17, 15) is 4.79 Å². The van der Waals surface area contributed by atoms with E-state index < -0.39 is 11.6 Å². The summed E-state index contributed by atoms with van der Waals surface area (Å²) in [5, 5.41) is 0. The number of hydrogen-bond acceptors (Lipinski definition) is 3. The highest BCUT2D eigenvalue weighted by molar-refractivity contribution is 5.66. The second-order valence-electron chi connectivity index (χ2n) is 8.41. The summed E-state index contributed by atoms with van der Waals surface area (Å²) in [5.41, 5.74) is 4.17. The Morgan fingerprint density at radius 2 is 1.14 bits per heavy atom. The van der Waals surface area contributed by atoms with Crippen molar-refractivity contribution in [3.8, 4) is 0 Å². The molecule has 0 aliphatic carbocycles. The summed E-state index contributed by atoms with van der Waals surface area (Å²) in [6, 6.07) is 40.9. The molecule has 35 heavy (non-hydrogen) atoms. The predicted octanol–water partition coefficient (Wildman–Crippen LogP) is 6.38. The van der Waals surface area contributed by atoms with E-state index in [0.717, 1.165) is 22.3 Å². The Kier molecular flexibility index (Phi) is 6.27. The maximum absolute atomic E-state index is 12.0. The van der Waals surface area contributed by atoms with Gasteiger partial charge in [-0.1, -0.05) is 121 Å². The Bertz CT molecular complexity index is 1280. The van der Waals surface area contributed by atoms with Crippen molar-refractivity contribution in [1.29, 1.82) is 0 Å². The fraction of sp³-hybridized carbons (Fsp3) is 0.0968. The van der Waals surface area contributed by atoms with E-state index in [-0.39, 0.29) is 5.97 Å². The summed E-state index contributed by atoms with van der Waals surface area (Å²) < 4.78 is 7.88. The van der Waals surface area contributed by atoms with Gasteiger partial charge in [-0.25, -0.2) is 4.98 Å². The zero-order valence-corrected chi connectivity index (χ0v) is 19.5. The minimum atomic E-state index is -0.674. The first kappa shape index (κ1) is 22.4. The molecule has 0 N–H and O–H groups in total. The molecule has 0 saturated heterocycles. The fourth-order valence-electron chi connectivity index (χ4n) is 4.74. The highest BCUT2D eigenvalue weighted by Gasteiger charge is 2.39. The molecule has 0 spiro atoms. The molecule has 0 saturated carbocycles. The van der Waals surface area contributed by atoms with Crippen LogP contribution >= 0.6 is 0 Å². The first-order valence-corrected chi connectivity index (χ1v) is 11.6. The minimum Gasteiger partial charge on any atom is -0.451 e. The van der Waals surface area contributed by atoms with E-state index in [4.69, 9.17) is 9.72 Å². The van der Waals surface area contributed by atoms with Gasteiger partial charge in [-0.15, -0.1) is 0 Å². The third kappa shape index (κ3) is 4.26. The molecule has 1 atom stereocenters. The number of esters is 1. The summed E-state index contributed by atoms with van der Waals surface area (Å²) in [7, 11) is 0. The van der Waals surface area contributed by atoms with Crippen LogP contribution in [0.5, 0.6) is 0 Å². The van der Waals surface area contributed by atoms with Gasteiger partial charge in [0.15, 0.2) is 6.10 Å². The molecule has 1 unspecified atom stereocenters. The average molecular weight is 459 g/mol. The summed E-state index contributed by atoms with van der Waals surface area (Å²) in [6.07, 6.45) is 3.23. The van der Waals surface area contributed by atoms with Gasteiger partial charge in [0.1, 0.15) is 11.2 Å². The molecule has 0 amide bonds. The molecule has 0 fully saturated rings.